The third kappa shape index (κ3) is 2.41. The minimum absolute atomic E-state index is 0.0239. The first-order valence-electron chi connectivity index (χ1n) is 6.49. The summed E-state index contributed by atoms with van der Waals surface area (Å²) in [4.78, 5) is 11.8. The molecule has 20 heavy (non-hydrogen) atoms. The molecule has 106 valence electrons. The van der Waals surface area contributed by atoms with Gasteiger partial charge in [-0.25, -0.2) is 0 Å². The number of ether oxygens (including phenoxy) is 2. The van der Waals surface area contributed by atoms with Gasteiger partial charge in [0.1, 0.15) is 11.5 Å². The van der Waals surface area contributed by atoms with E-state index in [1.54, 1.807) is 27.2 Å². The van der Waals surface area contributed by atoms with E-state index in [1.807, 2.05) is 22.9 Å². The van der Waals surface area contributed by atoms with Crippen molar-refractivity contribution in [3.05, 3.63) is 36.5 Å². The molecular formula is C16H19NO3. The van der Waals surface area contributed by atoms with Crippen molar-refractivity contribution < 1.29 is 14.3 Å². The van der Waals surface area contributed by atoms with Crippen LogP contribution in [0.15, 0.2) is 31.0 Å². The van der Waals surface area contributed by atoms with Crippen LogP contribution in [0.1, 0.15) is 23.7 Å². The number of fused-ring (bicyclic) bond motifs is 1. The molecular weight excluding hydrogens is 254 g/mol. The molecule has 0 saturated heterocycles. The van der Waals surface area contributed by atoms with Crippen LogP contribution in [0.3, 0.4) is 0 Å². The van der Waals surface area contributed by atoms with Crippen molar-refractivity contribution in [1.82, 2.24) is 4.57 Å². The molecule has 1 aromatic heterocycles. The molecule has 2 rings (SSSR count). The number of hydrogen-bond acceptors (Lipinski definition) is 3. The van der Waals surface area contributed by atoms with Crippen LogP contribution in [-0.2, 0) is 6.54 Å². The van der Waals surface area contributed by atoms with Gasteiger partial charge in [0.2, 0.25) is 0 Å². The fourth-order valence-electron chi connectivity index (χ4n) is 2.32. The zero-order valence-electron chi connectivity index (χ0n) is 12.1. The molecule has 0 fully saturated rings. The number of carbonyl (C=O) groups excluding carboxylic acids is 1. The van der Waals surface area contributed by atoms with Crippen molar-refractivity contribution in [2.75, 3.05) is 14.2 Å². The lowest BCUT2D eigenvalue weighted by molar-refractivity contribution is 0.101. The standard InChI is InChI=1S/C16H19NO3/c1-5-6-7-17-10-13(11(2)18)16-14(17)8-12(19-3)9-15(16)20-4/h5,8-10H,1,6-7H2,2-4H3. The molecule has 0 saturated carbocycles. The maximum absolute atomic E-state index is 11.8. The van der Waals surface area contributed by atoms with E-state index in [0.717, 1.165) is 23.9 Å². The first-order valence-corrected chi connectivity index (χ1v) is 6.49. The van der Waals surface area contributed by atoms with Gasteiger partial charge in [-0.15, -0.1) is 6.58 Å². The number of methoxy groups -OCH3 is 2. The van der Waals surface area contributed by atoms with Gasteiger partial charge in [-0.3, -0.25) is 4.79 Å². The van der Waals surface area contributed by atoms with Gasteiger partial charge in [-0.2, -0.15) is 0 Å². The first kappa shape index (κ1) is 14.2. The Balaban J connectivity index is 2.74. The van der Waals surface area contributed by atoms with E-state index < -0.39 is 0 Å². The lowest BCUT2D eigenvalue weighted by Crippen LogP contribution is -1.95. The van der Waals surface area contributed by atoms with Crippen molar-refractivity contribution in [3.63, 3.8) is 0 Å². The first-order chi connectivity index (χ1) is 9.62. The van der Waals surface area contributed by atoms with Crippen LogP contribution >= 0.6 is 0 Å². The fraction of sp³-hybridized carbons (Fsp3) is 0.312. The molecule has 0 spiro atoms. The summed E-state index contributed by atoms with van der Waals surface area (Å²) in [5.41, 5.74) is 1.61. The van der Waals surface area contributed by atoms with Gasteiger partial charge in [0, 0.05) is 30.4 Å². The van der Waals surface area contributed by atoms with Gasteiger partial charge in [-0.05, 0) is 13.3 Å². The Morgan fingerprint density at radius 3 is 2.65 bits per heavy atom. The van der Waals surface area contributed by atoms with E-state index >= 15 is 0 Å². The zero-order valence-corrected chi connectivity index (χ0v) is 12.1. The summed E-state index contributed by atoms with van der Waals surface area (Å²) >= 11 is 0. The van der Waals surface area contributed by atoms with Crippen LogP contribution in [0.5, 0.6) is 11.5 Å². The fourth-order valence-corrected chi connectivity index (χ4v) is 2.32. The number of aryl methyl sites for hydroxylation is 1. The largest absolute Gasteiger partial charge is 0.497 e. The summed E-state index contributed by atoms with van der Waals surface area (Å²) in [5, 5.41) is 0.838. The van der Waals surface area contributed by atoms with Crippen LogP contribution in [0.25, 0.3) is 10.9 Å². The van der Waals surface area contributed by atoms with E-state index in [-0.39, 0.29) is 5.78 Å². The predicted octanol–water partition coefficient (Wildman–Crippen LogP) is 3.44. The summed E-state index contributed by atoms with van der Waals surface area (Å²) in [7, 11) is 3.21. The van der Waals surface area contributed by atoms with Crippen LogP contribution in [0.4, 0.5) is 0 Å². The Morgan fingerprint density at radius 2 is 2.10 bits per heavy atom. The predicted molar refractivity (Wildman–Crippen MR) is 79.9 cm³/mol. The summed E-state index contributed by atoms with van der Waals surface area (Å²) in [6, 6.07) is 3.72. The minimum atomic E-state index is 0.0239. The number of aromatic nitrogens is 1. The van der Waals surface area contributed by atoms with Gasteiger partial charge in [-0.1, -0.05) is 6.08 Å². The highest BCUT2D eigenvalue weighted by molar-refractivity contribution is 6.09. The molecule has 0 aliphatic carbocycles. The maximum atomic E-state index is 11.8. The van der Waals surface area contributed by atoms with Gasteiger partial charge >= 0.3 is 0 Å². The average molecular weight is 273 g/mol. The molecule has 0 amide bonds. The SMILES string of the molecule is C=CCCn1cc(C(C)=O)c2c(OC)cc(OC)cc21. The molecule has 0 radical (unpaired) electrons. The number of allylic oxidation sites excluding steroid dienone is 1. The molecule has 4 nitrogen and oxygen atoms in total. The molecule has 4 heteroatoms. The Kier molecular flexibility index (Phi) is 4.13. The monoisotopic (exact) mass is 273 g/mol. The molecule has 2 aromatic rings. The van der Waals surface area contributed by atoms with Crippen LogP contribution in [0, 0.1) is 0 Å². The number of nitrogens with zero attached hydrogens (tertiary/aromatic N) is 1. The highest BCUT2D eigenvalue weighted by Gasteiger charge is 2.17. The Hall–Kier alpha value is -2.23. The molecule has 0 aliphatic heterocycles. The summed E-state index contributed by atoms with van der Waals surface area (Å²) < 4.78 is 12.7. The van der Waals surface area contributed by atoms with Crippen molar-refractivity contribution >= 4 is 16.7 Å². The lowest BCUT2D eigenvalue weighted by atomic mass is 10.1. The molecule has 1 aromatic carbocycles. The summed E-state index contributed by atoms with van der Waals surface area (Å²) in [5.74, 6) is 1.39. The van der Waals surface area contributed by atoms with Crippen molar-refractivity contribution in [2.45, 2.75) is 19.9 Å². The van der Waals surface area contributed by atoms with E-state index in [9.17, 15) is 4.79 Å². The number of Topliss-reactive ketones (excluding diaryl/α,β-unsaturated/α-hetero) is 1. The second-order valence-electron chi connectivity index (χ2n) is 4.59. The number of hydrogen-bond donors (Lipinski definition) is 0. The van der Waals surface area contributed by atoms with Crippen molar-refractivity contribution in [3.8, 4) is 11.5 Å². The van der Waals surface area contributed by atoms with Gasteiger partial charge in [0.15, 0.2) is 5.78 Å². The van der Waals surface area contributed by atoms with Gasteiger partial charge < -0.3 is 14.0 Å². The van der Waals surface area contributed by atoms with Crippen molar-refractivity contribution in [1.29, 1.82) is 0 Å². The van der Waals surface area contributed by atoms with Crippen LogP contribution in [0.2, 0.25) is 0 Å². The Bertz CT molecular complexity index is 655. The highest BCUT2D eigenvalue weighted by Crippen LogP contribution is 2.35. The van der Waals surface area contributed by atoms with Gasteiger partial charge in [0.25, 0.3) is 0 Å². The quantitative estimate of drug-likeness (QED) is 0.598. The minimum Gasteiger partial charge on any atom is -0.497 e. The summed E-state index contributed by atoms with van der Waals surface area (Å²) in [6.45, 7) is 6.07. The molecule has 0 N–H and O–H groups in total. The van der Waals surface area contributed by atoms with E-state index in [2.05, 4.69) is 6.58 Å². The van der Waals surface area contributed by atoms with Crippen LogP contribution < -0.4 is 9.47 Å². The third-order valence-electron chi connectivity index (χ3n) is 3.33. The highest BCUT2D eigenvalue weighted by atomic mass is 16.5. The molecule has 0 unspecified atom stereocenters. The smallest absolute Gasteiger partial charge is 0.162 e. The third-order valence-corrected chi connectivity index (χ3v) is 3.33. The normalized spacial score (nSPS) is 10.6. The van der Waals surface area contributed by atoms with E-state index in [4.69, 9.17) is 9.47 Å². The molecule has 0 aliphatic rings. The number of carbonyl (C=O) groups is 1. The second-order valence-corrected chi connectivity index (χ2v) is 4.59. The number of benzene rings is 1. The molecule has 0 atom stereocenters. The lowest BCUT2D eigenvalue weighted by Gasteiger charge is -2.09. The van der Waals surface area contributed by atoms with Crippen molar-refractivity contribution in [2.24, 2.45) is 0 Å². The van der Waals surface area contributed by atoms with E-state index in [0.29, 0.717) is 17.1 Å². The molecule has 0 bridgehead atoms. The summed E-state index contributed by atoms with van der Waals surface area (Å²) in [6.07, 6.45) is 4.57. The Morgan fingerprint density at radius 1 is 1.35 bits per heavy atom. The average Bonchev–Trinajstić information content (AvgIpc) is 2.83. The number of rotatable bonds is 6. The Labute approximate surface area is 118 Å². The zero-order chi connectivity index (χ0) is 14.7. The second kappa shape index (κ2) is 5.82. The molecule has 1 heterocycles. The van der Waals surface area contributed by atoms with E-state index in [1.165, 1.54) is 0 Å². The van der Waals surface area contributed by atoms with Gasteiger partial charge in [0.05, 0.1) is 25.1 Å². The topological polar surface area (TPSA) is 40.5 Å². The van der Waals surface area contributed by atoms with Crippen LogP contribution in [-0.4, -0.2) is 24.6 Å². The number of ketones is 1. The maximum Gasteiger partial charge on any atom is 0.162 e.